The molecular formula is C14H20Cl2N2+2. The molecule has 0 radical (unpaired) electrons. The van der Waals surface area contributed by atoms with Crippen LogP contribution in [-0.4, -0.2) is 25.7 Å². The van der Waals surface area contributed by atoms with Crippen molar-refractivity contribution in [2.45, 2.75) is 25.4 Å². The molecule has 1 atom stereocenters. The molecule has 2 bridgehead atoms. The predicted molar refractivity (Wildman–Crippen MR) is 74.2 cm³/mol. The van der Waals surface area contributed by atoms with Crippen LogP contribution in [0.3, 0.4) is 0 Å². The SMILES string of the molecule is Clc1ccc(C[NH2+][C@@H]2C[NH+]3CCC2CC3)c(Cl)c1. The van der Waals surface area contributed by atoms with E-state index in [0.29, 0.717) is 0 Å². The Bertz CT molecular complexity index is 428. The molecule has 3 aliphatic rings. The third-order valence-electron chi connectivity index (χ3n) is 4.52. The number of halogens is 2. The third-order valence-corrected chi connectivity index (χ3v) is 5.11. The normalized spacial score (nSPS) is 30.7. The van der Waals surface area contributed by atoms with Crippen LogP contribution in [0.25, 0.3) is 0 Å². The molecule has 0 spiro atoms. The number of rotatable bonds is 3. The summed E-state index contributed by atoms with van der Waals surface area (Å²) in [5, 5.41) is 4.00. The number of piperidine rings is 3. The molecule has 3 saturated heterocycles. The first kappa shape index (κ1) is 12.7. The molecule has 1 aromatic rings. The molecule has 18 heavy (non-hydrogen) atoms. The number of hydrogen-bond acceptors (Lipinski definition) is 0. The topological polar surface area (TPSA) is 21.1 Å². The van der Waals surface area contributed by atoms with Crippen LogP contribution in [0.4, 0.5) is 0 Å². The summed E-state index contributed by atoms with van der Waals surface area (Å²) < 4.78 is 0. The standard InChI is InChI=1S/C14H18Cl2N2/c15-12-2-1-11(13(16)7-12)8-17-14-9-18-5-3-10(14)4-6-18/h1-2,7,10,14,17H,3-6,8-9H2/p+2/t14-/m1/s1. The van der Waals surface area contributed by atoms with Crippen molar-refractivity contribution in [3.05, 3.63) is 33.8 Å². The molecular weight excluding hydrogens is 267 g/mol. The first-order valence-electron chi connectivity index (χ1n) is 6.83. The maximum atomic E-state index is 6.22. The van der Waals surface area contributed by atoms with Gasteiger partial charge in [-0.05, 0) is 12.1 Å². The summed E-state index contributed by atoms with van der Waals surface area (Å²) in [6, 6.07) is 6.61. The van der Waals surface area contributed by atoms with Gasteiger partial charge in [0.1, 0.15) is 19.1 Å². The fourth-order valence-electron chi connectivity index (χ4n) is 3.42. The summed E-state index contributed by atoms with van der Waals surface area (Å²) in [5.74, 6) is 0.925. The molecule has 3 aliphatic heterocycles. The Labute approximate surface area is 118 Å². The molecule has 0 unspecified atom stereocenters. The van der Waals surface area contributed by atoms with E-state index < -0.39 is 0 Å². The summed E-state index contributed by atoms with van der Waals surface area (Å²) in [5.41, 5.74) is 1.20. The van der Waals surface area contributed by atoms with Gasteiger partial charge in [-0.1, -0.05) is 29.3 Å². The van der Waals surface area contributed by atoms with Gasteiger partial charge < -0.3 is 10.2 Å². The van der Waals surface area contributed by atoms with E-state index in [4.69, 9.17) is 23.2 Å². The Morgan fingerprint density at radius 1 is 1.22 bits per heavy atom. The van der Waals surface area contributed by atoms with Gasteiger partial charge in [0, 0.05) is 29.3 Å². The number of hydrogen-bond donors (Lipinski definition) is 2. The van der Waals surface area contributed by atoms with Gasteiger partial charge in [0.2, 0.25) is 0 Å². The summed E-state index contributed by atoms with van der Waals surface area (Å²) in [6.45, 7) is 5.08. The highest BCUT2D eigenvalue weighted by Gasteiger charge is 2.39. The number of quaternary nitrogens is 2. The lowest BCUT2D eigenvalue weighted by atomic mass is 9.84. The fraction of sp³-hybridized carbons (Fsp3) is 0.571. The second-order valence-electron chi connectivity index (χ2n) is 5.63. The van der Waals surface area contributed by atoms with E-state index in [2.05, 4.69) is 11.4 Å². The van der Waals surface area contributed by atoms with Crippen molar-refractivity contribution in [1.82, 2.24) is 0 Å². The minimum Gasteiger partial charge on any atom is -0.335 e. The highest BCUT2D eigenvalue weighted by atomic mass is 35.5. The van der Waals surface area contributed by atoms with Gasteiger partial charge in [-0.25, -0.2) is 0 Å². The monoisotopic (exact) mass is 286 g/mol. The van der Waals surface area contributed by atoms with E-state index >= 15 is 0 Å². The van der Waals surface area contributed by atoms with E-state index in [1.54, 1.807) is 4.90 Å². The van der Waals surface area contributed by atoms with E-state index in [1.807, 2.05) is 12.1 Å². The lowest BCUT2D eigenvalue weighted by Crippen LogP contribution is -3.20. The number of benzene rings is 1. The first-order valence-corrected chi connectivity index (χ1v) is 7.59. The maximum absolute atomic E-state index is 6.22. The highest BCUT2D eigenvalue weighted by molar-refractivity contribution is 6.35. The van der Waals surface area contributed by atoms with Crippen molar-refractivity contribution < 1.29 is 10.2 Å². The van der Waals surface area contributed by atoms with Gasteiger partial charge in [-0.3, -0.25) is 0 Å². The molecule has 3 fully saturated rings. The molecule has 98 valence electrons. The quantitative estimate of drug-likeness (QED) is 0.818. The Kier molecular flexibility index (Phi) is 3.81. The molecule has 4 heteroatoms. The van der Waals surface area contributed by atoms with Crippen LogP contribution in [0.5, 0.6) is 0 Å². The average Bonchev–Trinajstić information content (AvgIpc) is 2.39. The van der Waals surface area contributed by atoms with E-state index in [0.717, 1.165) is 28.5 Å². The van der Waals surface area contributed by atoms with Gasteiger partial charge in [-0.2, -0.15) is 0 Å². The zero-order chi connectivity index (χ0) is 12.5. The first-order chi connectivity index (χ1) is 8.72. The summed E-state index contributed by atoms with van der Waals surface area (Å²) >= 11 is 12.1. The Hall–Kier alpha value is -0.280. The van der Waals surface area contributed by atoms with Crippen LogP contribution in [0.2, 0.25) is 10.0 Å². The van der Waals surface area contributed by atoms with Crippen LogP contribution in [0, 0.1) is 5.92 Å². The lowest BCUT2D eigenvalue weighted by molar-refractivity contribution is -0.943. The van der Waals surface area contributed by atoms with E-state index in [1.165, 1.54) is 38.0 Å². The maximum Gasteiger partial charge on any atom is 0.139 e. The largest absolute Gasteiger partial charge is 0.335 e. The van der Waals surface area contributed by atoms with Crippen molar-refractivity contribution in [3.8, 4) is 0 Å². The van der Waals surface area contributed by atoms with Crippen LogP contribution in [0.15, 0.2) is 18.2 Å². The average molecular weight is 287 g/mol. The number of fused-ring (bicyclic) bond motifs is 3. The molecule has 3 heterocycles. The van der Waals surface area contributed by atoms with Crippen molar-refractivity contribution in [2.75, 3.05) is 19.6 Å². The molecule has 3 N–H and O–H groups in total. The van der Waals surface area contributed by atoms with Crippen LogP contribution in [-0.2, 0) is 6.54 Å². The van der Waals surface area contributed by atoms with Crippen molar-refractivity contribution in [3.63, 3.8) is 0 Å². The summed E-state index contributed by atoms with van der Waals surface area (Å²) in [4.78, 5) is 1.79. The van der Waals surface area contributed by atoms with Crippen LogP contribution < -0.4 is 10.2 Å². The minimum atomic E-state index is 0.719. The van der Waals surface area contributed by atoms with Gasteiger partial charge in [-0.15, -0.1) is 0 Å². The minimum absolute atomic E-state index is 0.719. The Balaban J connectivity index is 1.61. The lowest BCUT2D eigenvalue weighted by Gasteiger charge is -2.40. The van der Waals surface area contributed by atoms with E-state index in [9.17, 15) is 0 Å². The molecule has 4 rings (SSSR count). The summed E-state index contributed by atoms with van der Waals surface area (Å²) in [7, 11) is 0. The molecule has 2 nitrogen and oxygen atoms in total. The van der Waals surface area contributed by atoms with Gasteiger partial charge >= 0.3 is 0 Å². The van der Waals surface area contributed by atoms with Crippen LogP contribution >= 0.6 is 23.2 Å². The Morgan fingerprint density at radius 3 is 2.61 bits per heavy atom. The van der Waals surface area contributed by atoms with Crippen molar-refractivity contribution in [2.24, 2.45) is 5.92 Å². The molecule has 0 saturated carbocycles. The fourth-order valence-corrected chi connectivity index (χ4v) is 3.91. The zero-order valence-electron chi connectivity index (χ0n) is 10.5. The number of nitrogens with two attached hydrogens (primary N) is 1. The molecule has 0 amide bonds. The van der Waals surface area contributed by atoms with E-state index in [-0.39, 0.29) is 0 Å². The second kappa shape index (κ2) is 5.38. The third kappa shape index (κ3) is 2.67. The number of nitrogens with one attached hydrogen (secondary N) is 1. The molecule has 1 aromatic carbocycles. The Morgan fingerprint density at radius 2 is 2.00 bits per heavy atom. The van der Waals surface area contributed by atoms with Gasteiger partial charge in [0.05, 0.1) is 18.1 Å². The van der Waals surface area contributed by atoms with Crippen LogP contribution in [0.1, 0.15) is 18.4 Å². The zero-order valence-corrected chi connectivity index (χ0v) is 12.0. The molecule has 0 aliphatic carbocycles. The van der Waals surface area contributed by atoms with Crippen molar-refractivity contribution in [1.29, 1.82) is 0 Å². The summed E-state index contributed by atoms with van der Waals surface area (Å²) in [6.07, 6.45) is 2.82. The highest BCUT2D eigenvalue weighted by Crippen LogP contribution is 2.20. The predicted octanol–water partition coefficient (Wildman–Crippen LogP) is 0.734. The van der Waals surface area contributed by atoms with Gasteiger partial charge in [0.25, 0.3) is 0 Å². The van der Waals surface area contributed by atoms with Crippen molar-refractivity contribution >= 4 is 23.2 Å². The smallest absolute Gasteiger partial charge is 0.139 e. The second-order valence-corrected chi connectivity index (χ2v) is 6.47. The van der Waals surface area contributed by atoms with Gasteiger partial charge in [0.15, 0.2) is 0 Å². The molecule has 0 aromatic heterocycles.